The van der Waals surface area contributed by atoms with Crippen LogP contribution in [-0.4, -0.2) is 17.1 Å². The average Bonchev–Trinajstić information content (AvgIpc) is 2.18. The summed E-state index contributed by atoms with van der Waals surface area (Å²) in [6, 6.07) is 3.71. The molecule has 0 unspecified atom stereocenters. The van der Waals surface area contributed by atoms with Crippen LogP contribution in [0.4, 0.5) is 5.82 Å². The molecule has 5 heteroatoms. The molecule has 1 heterocycles. The monoisotopic (exact) mass is 253 g/mol. The molecule has 1 aromatic carbocycles. The third-order valence-corrected chi connectivity index (χ3v) is 2.38. The normalized spacial score (nSPS) is 10.4. The van der Waals surface area contributed by atoms with Gasteiger partial charge >= 0.3 is 0 Å². The maximum atomic E-state index is 5.72. The molecule has 2 rings (SSSR count). The minimum absolute atomic E-state index is 0.453. The second-order valence-corrected chi connectivity index (χ2v) is 3.68. The van der Waals surface area contributed by atoms with Crippen LogP contribution >= 0.6 is 15.9 Å². The van der Waals surface area contributed by atoms with E-state index in [1.807, 2.05) is 12.1 Å². The Morgan fingerprint density at radius 2 is 2.14 bits per heavy atom. The summed E-state index contributed by atoms with van der Waals surface area (Å²) in [6.45, 7) is 0. The molecular weight excluding hydrogens is 246 g/mol. The number of nitrogens with two attached hydrogens (primary N) is 1. The summed E-state index contributed by atoms with van der Waals surface area (Å²) in [6.07, 6.45) is 1.42. The number of methoxy groups -OCH3 is 1. The van der Waals surface area contributed by atoms with Gasteiger partial charge in [0.1, 0.15) is 23.4 Å². The Morgan fingerprint density at radius 1 is 1.36 bits per heavy atom. The molecule has 0 saturated heterocycles. The lowest BCUT2D eigenvalue weighted by atomic mass is 10.2. The molecule has 0 bridgehead atoms. The zero-order chi connectivity index (χ0) is 10.1. The molecule has 1 aromatic heterocycles. The zero-order valence-electron chi connectivity index (χ0n) is 7.49. The Morgan fingerprint density at radius 3 is 2.86 bits per heavy atom. The van der Waals surface area contributed by atoms with Crippen molar-refractivity contribution in [2.75, 3.05) is 12.8 Å². The highest BCUT2D eigenvalue weighted by Gasteiger charge is 2.07. The molecule has 2 N–H and O–H groups in total. The SMILES string of the molecule is COc1cc(Br)cc2c(N)ncnc12. The van der Waals surface area contributed by atoms with Crippen molar-refractivity contribution in [3.8, 4) is 5.75 Å². The van der Waals surface area contributed by atoms with E-state index in [4.69, 9.17) is 10.5 Å². The predicted octanol–water partition coefficient (Wildman–Crippen LogP) is 1.98. The van der Waals surface area contributed by atoms with Crippen LogP contribution in [0.5, 0.6) is 5.75 Å². The van der Waals surface area contributed by atoms with Crippen LogP contribution in [0, 0.1) is 0 Å². The van der Waals surface area contributed by atoms with E-state index in [0.717, 1.165) is 15.4 Å². The van der Waals surface area contributed by atoms with Crippen molar-refractivity contribution < 1.29 is 4.74 Å². The van der Waals surface area contributed by atoms with Crippen LogP contribution in [0.2, 0.25) is 0 Å². The second kappa shape index (κ2) is 3.42. The summed E-state index contributed by atoms with van der Waals surface area (Å²) in [4.78, 5) is 8.03. The molecule has 14 heavy (non-hydrogen) atoms. The van der Waals surface area contributed by atoms with Crippen molar-refractivity contribution >= 4 is 32.7 Å². The highest BCUT2D eigenvalue weighted by Crippen LogP contribution is 2.30. The van der Waals surface area contributed by atoms with Crippen LogP contribution in [0.1, 0.15) is 0 Å². The van der Waals surface area contributed by atoms with Gasteiger partial charge in [0, 0.05) is 9.86 Å². The van der Waals surface area contributed by atoms with Crippen LogP contribution in [0.25, 0.3) is 10.9 Å². The number of ether oxygens (including phenoxy) is 1. The van der Waals surface area contributed by atoms with Gasteiger partial charge in [0.25, 0.3) is 0 Å². The first-order valence-electron chi connectivity index (χ1n) is 3.96. The molecule has 0 radical (unpaired) electrons. The summed E-state index contributed by atoms with van der Waals surface area (Å²) in [7, 11) is 1.60. The Hall–Kier alpha value is -1.36. The summed E-state index contributed by atoms with van der Waals surface area (Å²) in [5.74, 6) is 1.14. The van der Waals surface area contributed by atoms with Gasteiger partial charge < -0.3 is 10.5 Å². The number of hydrogen-bond acceptors (Lipinski definition) is 4. The number of rotatable bonds is 1. The molecule has 0 amide bonds. The number of hydrogen-bond donors (Lipinski definition) is 1. The standard InChI is InChI=1S/C9H8BrN3O/c1-14-7-3-5(10)2-6-8(7)12-4-13-9(6)11/h2-4H,1H3,(H2,11,12,13). The summed E-state index contributed by atoms with van der Waals surface area (Å²) < 4.78 is 6.08. The lowest BCUT2D eigenvalue weighted by Gasteiger charge is -2.06. The van der Waals surface area contributed by atoms with Crippen LogP contribution in [0.15, 0.2) is 22.9 Å². The number of aromatic nitrogens is 2. The van der Waals surface area contributed by atoms with Gasteiger partial charge in [-0.15, -0.1) is 0 Å². The Kier molecular flexibility index (Phi) is 2.25. The fraction of sp³-hybridized carbons (Fsp3) is 0.111. The molecular formula is C9H8BrN3O. The third kappa shape index (κ3) is 1.39. The molecule has 72 valence electrons. The maximum Gasteiger partial charge on any atom is 0.146 e. The van der Waals surface area contributed by atoms with E-state index in [1.165, 1.54) is 6.33 Å². The number of fused-ring (bicyclic) bond motifs is 1. The average molecular weight is 254 g/mol. The van der Waals surface area contributed by atoms with Crippen molar-refractivity contribution in [1.82, 2.24) is 9.97 Å². The lowest BCUT2D eigenvalue weighted by molar-refractivity contribution is 0.418. The summed E-state index contributed by atoms with van der Waals surface area (Å²) in [5, 5.41) is 0.790. The van der Waals surface area contributed by atoms with E-state index in [-0.39, 0.29) is 0 Å². The molecule has 4 nitrogen and oxygen atoms in total. The Balaban J connectivity index is 2.87. The topological polar surface area (TPSA) is 61.0 Å². The zero-order valence-corrected chi connectivity index (χ0v) is 9.08. The Labute approximate surface area is 89.2 Å². The van der Waals surface area contributed by atoms with Gasteiger partial charge in [-0.3, -0.25) is 0 Å². The van der Waals surface area contributed by atoms with Crippen molar-refractivity contribution in [3.05, 3.63) is 22.9 Å². The fourth-order valence-electron chi connectivity index (χ4n) is 1.28. The lowest BCUT2D eigenvalue weighted by Crippen LogP contribution is -1.95. The van der Waals surface area contributed by atoms with Crippen molar-refractivity contribution in [3.63, 3.8) is 0 Å². The quantitative estimate of drug-likeness (QED) is 0.845. The minimum atomic E-state index is 0.453. The summed E-state index contributed by atoms with van der Waals surface area (Å²) >= 11 is 3.37. The van der Waals surface area contributed by atoms with Gasteiger partial charge in [-0.2, -0.15) is 0 Å². The van der Waals surface area contributed by atoms with Crippen molar-refractivity contribution in [2.45, 2.75) is 0 Å². The first-order chi connectivity index (χ1) is 6.72. The predicted molar refractivity (Wildman–Crippen MR) is 58.2 cm³/mol. The third-order valence-electron chi connectivity index (χ3n) is 1.92. The number of anilines is 1. The van der Waals surface area contributed by atoms with Gasteiger partial charge in [-0.05, 0) is 12.1 Å². The molecule has 0 fully saturated rings. The van der Waals surface area contributed by atoms with Gasteiger partial charge in [-0.1, -0.05) is 15.9 Å². The highest BCUT2D eigenvalue weighted by molar-refractivity contribution is 9.10. The van der Waals surface area contributed by atoms with Gasteiger partial charge in [0.2, 0.25) is 0 Å². The van der Waals surface area contributed by atoms with E-state index in [1.54, 1.807) is 7.11 Å². The van der Waals surface area contributed by atoms with Gasteiger partial charge in [0.15, 0.2) is 0 Å². The molecule has 0 aliphatic heterocycles. The van der Waals surface area contributed by atoms with Gasteiger partial charge in [-0.25, -0.2) is 9.97 Å². The molecule has 0 aliphatic carbocycles. The smallest absolute Gasteiger partial charge is 0.146 e. The molecule has 0 aliphatic rings. The molecule has 0 atom stereocenters. The maximum absolute atomic E-state index is 5.72. The molecule has 0 spiro atoms. The van der Waals surface area contributed by atoms with Crippen LogP contribution < -0.4 is 10.5 Å². The van der Waals surface area contributed by atoms with Crippen LogP contribution in [0.3, 0.4) is 0 Å². The van der Waals surface area contributed by atoms with E-state index < -0.39 is 0 Å². The van der Waals surface area contributed by atoms with Crippen LogP contribution in [-0.2, 0) is 0 Å². The van der Waals surface area contributed by atoms with Crippen molar-refractivity contribution in [2.24, 2.45) is 0 Å². The van der Waals surface area contributed by atoms with E-state index in [2.05, 4.69) is 25.9 Å². The number of nitrogens with zero attached hydrogens (tertiary/aromatic N) is 2. The largest absolute Gasteiger partial charge is 0.494 e. The first-order valence-corrected chi connectivity index (χ1v) is 4.75. The van der Waals surface area contributed by atoms with Gasteiger partial charge in [0.05, 0.1) is 7.11 Å². The highest BCUT2D eigenvalue weighted by atomic mass is 79.9. The number of halogens is 1. The Bertz CT molecular complexity index is 487. The number of benzene rings is 1. The van der Waals surface area contributed by atoms with E-state index in [0.29, 0.717) is 11.6 Å². The molecule has 2 aromatic rings. The minimum Gasteiger partial charge on any atom is -0.494 e. The van der Waals surface area contributed by atoms with E-state index in [9.17, 15) is 0 Å². The molecule has 0 saturated carbocycles. The fourth-order valence-corrected chi connectivity index (χ4v) is 1.71. The van der Waals surface area contributed by atoms with E-state index >= 15 is 0 Å². The second-order valence-electron chi connectivity index (χ2n) is 2.76. The summed E-state index contributed by atoms with van der Waals surface area (Å²) in [5.41, 5.74) is 6.45. The first kappa shape index (κ1) is 9.21. The van der Waals surface area contributed by atoms with Crippen molar-refractivity contribution in [1.29, 1.82) is 0 Å². The number of nitrogen functional groups attached to an aromatic ring is 1.